The van der Waals surface area contributed by atoms with Gasteiger partial charge in [-0.05, 0) is 6.92 Å². The van der Waals surface area contributed by atoms with E-state index in [1.54, 1.807) is 0 Å². The predicted molar refractivity (Wildman–Crippen MR) is 61.5 cm³/mol. The van der Waals surface area contributed by atoms with Crippen LogP contribution in [0.1, 0.15) is 10.7 Å². The summed E-state index contributed by atoms with van der Waals surface area (Å²) in [6, 6.07) is 0. The van der Waals surface area contributed by atoms with Gasteiger partial charge in [-0.15, -0.1) is 11.3 Å². The van der Waals surface area contributed by atoms with Crippen LogP contribution in [0.15, 0.2) is 5.38 Å². The fourth-order valence-electron chi connectivity index (χ4n) is 1.15. The number of hydrogen-bond donors (Lipinski definition) is 2. The molecule has 2 N–H and O–H groups in total. The van der Waals surface area contributed by atoms with E-state index in [0.717, 1.165) is 10.7 Å². The molecule has 1 amide bonds. The predicted octanol–water partition coefficient (Wildman–Crippen LogP) is 0.119. The van der Waals surface area contributed by atoms with E-state index in [1.165, 1.54) is 11.3 Å². The van der Waals surface area contributed by atoms with Crippen molar-refractivity contribution in [2.24, 2.45) is 0 Å². The van der Waals surface area contributed by atoms with E-state index in [9.17, 15) is 4.79 Å². The second kappa shape index (κ2) is 7.32. The molecular formula is C10H16N2O3S. The van der Waals surface area contributed by atoms with Crippen molar-refractivity contribution >= 4 is 17.2 Å². The van der Waals surface area contributed by atoms with Gasteiger partial charge in [0.2, 0.25) is 5.91 Å². The van der Waals surface area contributed by atoms with Crippen LogP contribution in [0.5, 0.6) is 0 Å². The molecule has 1 aromatic heterocycles. The number of aryl methyl sites for hydroxylation is 1. The molecule has 0 saturated carbocycles. The summed E-state index contributed by atoms with van der Waals surface area (Å²) in [4.78, 5) is 15.6. The molecule has 0 saturated heterocycles. The summed E-state index contributed by atoms with van der Waals surface area (Å²) >= 11 is 1.54. The molecule has 0 unspecified atom stereocenters. The Bertz CT molecular complexity index is 328. The van der Waals surface area contributed by atoms with E-state index in [2.05, 4.69) is 10.3 Å². The van der Waals surface area contributed by atoms with E-state index in [4.69, 9.17) is 9.84 Å². The van der Waals surface area contributed by atoms with Gasteiger partial charge < -0.3 is 15.2 Å². The summed E-state index contributed by atoms with van der Waals surface area (Å²) in [6.07, 6.45) is 0.310. The highest BCUT2D eigenvalue weighted by atomic mass is 32.1. The number of carbonyl (C=O) groups is 1. The van der Waals surface area contributed by atoms with Crippen molar-refractivity contribution in [1.29, 1.82) is 0 Å². The number of rotatable bonds is 7. The number of carbonyl (C=O) groups excluding carboxylic acids is 1. The molecule has 0 radical (unpaired) electrons. The Labute approximate surface area is 98.5 Å². The normalized spacial score (nSPS) is 10.4. The topological polar surface area (TPSA) is 71.5 Å². The van der Waals surface area contributed by atoms with E-state index >= 15 is 0 Å². The van der Waals surface area contributed by atoms with Crippen LogP contribution in [-0.4, -0.2) is 42.4 Å². The highest BCUT2D eigenvalue weighted by molar-refractivity contribution is 7.09. The Morgan fingerprint density at radius 3 is 3.06 bits per heavy atom. The van der Waals surface area contributed by atoms with Crippen molar-refractivity contribution in [3.63, 3.8) is 0 Å². The van der Waals surface area contributed by atoms with Crippen LogP contribution in [0.25, 0.3) is 0 Å². The number of aliphatic hydroxyl groups excluding tert-OH is 1. The molecule has 0 aliphatic rings. The summed E-state index contributed by atoms with van der Waals surface area (Å²) < 4.78 is 5.01. The number of thiazole rings is 1. The summed E-state index contributed by atoms with van der Waals surface area (Å²) in [7, 11) is 0. The maximum Gasteiger partial charge on any atom is 0.226 e. The summed E-state index contributed by atoms with van der Waals surface area (Å²) in [5.41, 5.74) is 0.802. The first kappa shape index (κ1) is 13.1. The largest absolute Gasteiger partial charge is 0.394 e. The van der Waals surface area contributed by atoms with Crippen LogP contribution in [0, 0.1) is 6.92 Å². The molecule has 6 heteroatoms. The summed E-state index contributed by atoms with van der Waals surface area (Å²) in [6.45, 7) is 3.10. The first-order chi connectivity index (χ1) is 7.72. The van der Waals surface area contributed by atoms with Gasteiger partial charge in [0, 0.05) is 11.9 Å². The molecule has 0 aromatic carbocycles. The number of nitrogens with one attached hydrogen (secondary N) is 1. The molecule has 1 aromatic rings. The SMILES string of the molecule is Cc1nc(CC(=O)NCCOCCO)cs1. The van der Waals surface area contributed by atoms with Gasteiger partial charge in [-0.25, -0.2) is 4.98 Å². The second-order valence-electron chi connectivity index (χ2n) is 3.22. The van der Waals surface area contributed by atoms with Crippen molar-refractivity contribution < 1.29 is 14.6 Å². The molecule has 0 fully saturated rings. The number of aromatic nitrogens is 1. The summed E-state index contributed by atoms with van der Waals surface area (Å²) in [5, 5.41) is 14.0. The van der Waals surface area contributed by atoms with Crippen LogP contribution in [0.2, 0.25) is 0 Å². The molecule has 0 aliphatic heterocycles. The maximum absolute atomic E-state index is 11.4. The highest BCUT2D eigenvalue weighted by Gasteiger charge is 2.05. The minimum absolute atomic E-state index is 0.00600. The monoisotopic (exact) mass is 244 g/mol. The van der Waals surface area contributed by atoms with Crippen molar-refractivity contribution in [2.45, 2.75) is 13.3 Å². The Hall–Kier alpha value is -0.980. The number of nitrogens with zero attached hydrogens (tertiary/aromatic N) is 1. The quantitative estimate of drug-likeness (QED) is 0.668. The van der Waals surface area contributed by atoms with Crippen LogP contribution in [0.4, 0.5) is 0 Å². The second-order valence-corrected chi connectivity index (χ2v) is 4.28. The zero-order chi connectivity index (χ0) is 11.8. The Balaban J connectivity index is 2.11. The van der Waals surface area contributed by atoms with Crippen molar-refractivity contribution in [2.75, 3.05) is 26.4 Å². The lowest BCUT2D eigenvalue weighted by molar-refractivity contribution is -0.120. The van der Waals surface area contributed by atoms with Crippen LogP contribution in [0.3, 0.4) is 0 Å². The first-order valence-corrected chi connectivity index (χ1v) is 5.96. The number of hydrogen-bond acceptors (Lipinski definition) is 5. The van der Waals surface area contributed by atoms with Gasteiger partial charge in [0.1, 0.15) is 0 Å². The smallest absolute Gasteiger partial charge is 0.226 e. The Morgan fingerprint density at radius 2 is 2.44 bits per heavy atom. The minimum Gasteiger partial charge on any atom is -0.394 e. The van der Waals surface area contributed by atoms with Crippen molar-refractivity contribution in [3.8, 4) is 0 Å². The molecule has 90 valence electrons. The Kier molecular flexibility index (Phi) is 5.99. The van der Waals surface area contributed by atoms with Crippen LogP contribution in [-0.2, 0) is 16.0 Å². The third kappa shape index (κ3) is 5.20. The molecule has 0 bridgehead atoms. The van der Waals surface area contributed by atoms with E-state index < -0.39 is 0 Å². The molecule has 5 nitrogen and oxygen atoms in total. The minimum atomic E-state index is -0.0575. The van der Waals surface area contributed by atoms with Gasteiger partial charge in [-0.3, -0.25) is 4.79 Å². The average molecular weight is 244 g/mol. The lowest BCUT2D eigenvalue weighted by Crippen LogP contribution is -2.29. The fourth-order valence-corrected chi connectivity index (χ4v) is 1.76. The summed E-state index contributed by atoms with van der Waals surface area (Å²) in [5.74, 6) is -0.0575. The van der Waals surface area contributed by atoms with E-state index in [1.807, 2.05) is 12.3 Å². The highest BCUT2D eigenvalue weighted by Crippen LogP contribution is 2.07. The van der Waals surface area contributed by atoms with Gasteiger partial charge in [0.15, 0.2) is 0 Å². The van der Waals surface area contributed by atoms with Gasteiger partial charge in [0.25, 0.3) is 0 Å². The molecule has 1 heterocycles. The van der Waals surface area contributed by atoms with Gasteiger partial charge in [-0.2, -0.15) is 0 Å². The zero-order valence-corrected chi connectivity index (χ0v) is 10.0. The number of ether oxygens (including phenoxy) is 1. The van der Waals surface area contributed by atoms with Gasteiger partial charge in [-0.1, -0.05) is 0 Å². The Morgan fingerprint density at radius 1 is 1.62 bits per heavy atom. The third-order valence-corrected chi connectivity index (χ3v) is 2.63. The molecule has 0 spiro atoms. The average Bonchev–Trinajstić information content (AvgIpc) is 2.63. The number of aliphatic hydroxyl groups is 1. The lowest BCUT2D eigenvalue weighted by Gasteiger charge is -2.04. The first-order valence-electron chi connectivity index (χ1n) is 5.08. The van der Waals surface area contributed by atoms with Crippen LogP contribution < -0.4 is 5.32 Å². The van der Waals surface area contributed by atoms with Crippen molar-refractivity contribution in [3.05, 3.63) is 16.1 Å². The zero-order valence-electron chi connectivity index (χ0n) is 9.23. The molecule has 0 aliphatic carbocycles. The standard InChI is InChI=1S/C10H16N2O3S/c1-8-12-9(7-16-8)6-10(14)11-2-4-15-5-3-13/h7,13H,2-6H2,1H3,(H,11,14). The maximum atomic E-state index is 11.4. The van der Waals surface area contributed by atoms with E-state index in [0.29, 0.717) is 26.2 Å². The molecule has 16 heavy (non-hydrogen) atoms. The fraction of sp³-hybridized carbons (Fsp3) is 0.600. The lowest BCUT2D eigenvalue weighted by atomic mass is 10.3. The number of amides is 1. The van der Waals surface area contributed by atoms with Gasteiger partial charge in [0.05, 0.1) is 36.9 Å². The van der Waals surface area contributed by atoms with Crippen LogP contribution >= 0.6 is 11.3 Å². The van der Waals surface area contributed by atoms with Gasteiger partial charge >= 0.3 is 0 Å². The molecule has 1 rings (SSSR count). The molecule has 0 atom stereocenters. The van der Waals surface area contributed by atoms with Crippen molar-refractivity contribution in [1.82, 2.24) is 10.3 Å². The third-order valence-electron chi connectivity index (χ3n) is 1.81. The molecular weight excluding hydrogens is 228 g/mol. The van der Waals surface area contributed by atoms with E-state index in [-0.39, 0.29) is 12.5 Å².